The lowest BCUT2D eigenvalue weighted by Crippen LogP contribution is -2.14. The third-order valence-corrected chi connectivity index (χ3v) is 2.77. The summed E-state index contributed by atoms with van der Waals surface area (Å²) in [6.45, 7) is 1.80. The molecule has 19 heavy (non-hydrogen) atoms. The minimum atomic E-state index is -0.316. The largest absolute Gasteiger partial charge is 0.399 e. The Hall–Kier alpha value is -1.85. The van der Waals surface area contributed by atoms with Crippen molar-refractivity contribution >= 4 is 40.6 Å². The van der Waals surface area contributed by atoms with Crippen molar-refractivity contribution in [1.82, 2.24) is 9.97 Å². The maximum Gasteiger partial charge on any atom is 0.257 e. The van der Waals surface area contributed by atoms with Crippen LogP contribution in [0.2, 0.25) is 10.4 Å². The van der Waals surface area contributed by atoms with Gasteiger partial charge in [-0.25, -0.2) is 9.97 Å². The molecule has 0 unspecified atom stereocenters. The summed E-state index contributed by atoms with van der Waals surface area (Å²) in [5.41, 5.74) is 7.50. The van der Waals surface area contributed by atoms with Crippen LogP contribution in [-0.4, -0.2) is 15.9 Å². The van der Waals surface area contributed by atoms with Gasteiger partial charge in [0, 0.05) is 17.3 Å². The minimum Gasteiger partial charge on any atom is -0.399 e. The fourth-order valence-electron chi connectivity index (χ4n) is 1.58. The molecule has 5 nitrogen and oxygen atoms in total. The predicted octanol–water partition coefficient (Wildman–Crippen LogP) is 2.93. The summed E-state index contributed by atoms with van der Waals surface area (Å²) < 4.78 is 0. The van der Waals surface area contributed by atoms with Gasteiger partial charge in [0.15, 0.2) is 0 Å². The SMILES string of the molecule is Cc1cc(N)ccc1C(=O)Nc1cc(Cl)nc(Cl)n1. The van der Waals surface area contributed by atoms with Crippen LogP contribution >= 0.6 is 23.2 Å². The van der Waals surface area contributed by atoms with E-state index in [2.05, 4.69) is 15.3 Å². The first-order valence-electron chi connectivity index (χ1n) is 5.33. The number of rotatable bonds is 2. The van der Waals surface area contributed by atoms with Gasteiger partial charge in [-0.3, -0.25) is 4.79 Å². The number of hydrogen-bond donors (Lipinski definition) is 2. The van der Waals surface area contributed by atoms with Gasteiger partial charge in [0.25, 0.3) is 5.91 Å². The first kappa shape index (κ1) is 13.6. The zero-order valence-electron chi connectivity index (χ0n) is 9.95. The first-order chi connectivity index (χ1) is 8.95. The molecule has 98 valence electrons. The molecule has 2 rings (SSSR count). The second-order valence-electron chi connectivity index (χ2n) is 3.87. The quantitative estimate of drug-likeness (QED) is 0.507. The van der Waals surface area contributed by atoms with E-state index in [9.17, 15) is 4.79 Å². The number of amides is 1. The average molecular weight is 297 g/mol. The minimum absolute atomic E-state index is 0.0307. The van der Waals surface area contributed by atoms with E-state index in [0.29, 0.717) is 11.3 Å². The van der Waals surface area contributed by atoms with E-state index < -0.39 is 0 Å². The number of carbonyl (C=O) groups is 1. The molecular weight excluding hydrogens is 287 g/mol. The van der Waals surface area contributed by atoms with Gasteiger partial charge < -0.3 is 11.1 Å². The van der Waals surface area contributed by atoms with Crippen LogP contribution in [0.25, 0.3) is 0 Å². The molecule has 0 saturated heterocycles. The van der Waals surface area contributed by atoms with Gasteiger partial charge in [0.1, 0.15) is 11.0 Å². The maximum atomic E-state index is 12.1. The van der Waals surface area contributed by atoms with Crippen LogP contribution in [0.4, 0.5) is 11.5 Å². The van der Waals surface area contributed by atoms with Crippen molar-refractivity contribution in [2.24, 2.45) is 0 Å². The molecule has 0 aliphatic carbocycles. The van der Waals surface area contributed by atoms with Crippen molar-refractivity contribution in [3.8, 4) is 0 Å². The average Bonchev–Trinajstić information content (AvgIpc) is 2.26. The topological polar surface area (TPSA) is 80.9 Å². The van der Waals surface area contributed by atoms with E-state index in [1.165, 1.54) is 6.07 Å². The Morgan fingerprint density at radius 1 is 1.26 bits per heavy atom. The number of carbonyl (C=O) groups excluding carboxylic acids is 1. The Balaban J connectivity index is 2.25. The third-order valence-electron chi connectivity index (χ3n) is 2.40. The van der Waals surface area contributed by atoms with Crippen molar-refractivity contribution in [3.63, 3.8) is 0 Å². The van der Waals surface area contributed by atoms with Gasteiger partial charge in [-0.1, -0.05) is 11.6 Å². The molecule has 0 saturated carbocycles. The summed E-state index contributed by atoms with van der Waals surface area (Å²) >= 11 is 11.4. The van der Waals surface area contributed by atoms with Crippen LogP contribution < -0.4 is 11.1 Å². The first-order valence-corrected chi connectivity index (χ1v) is 6.09. The molecule has 1 aromatic heterocycles. The highest BCUT2D eigenvalue weighted by Gasteiger charge is 2.11. The van der Waals surface area contributed by atoms with Crippen LogP contribution in [-0.2, 0) is 0 Å². The second kappa shape index (κ2) is 5.42. The summed E-state index contributed by atoms with van der Waals surface area (Å²) in [6, 6.07) is 6.43. The summed E-state index contributed by atoms with van der Waals surface area (Å²) in [4.78, 5) is 19.6. The Kier molecular flexibility index (Phi) is 3.87. The zero-order valence-corrected chi connectivity index (χ0v) is 11.5. The molecule has 1 amide bonds. The molecule has 1 aromatic carbocycles. The van der Waals surface area contributed by atoms with Crippen LogP contribution in [0.3, 0.4) is 0 Å². The lowest BCUT2D eigenvalue weighted by Gasteiger charge is -2.08. The summed E-state index contributed by atoms with van der Waals surface area (Å²) in [5, 5.41) is 2.73. The normalized spacial score (nSPS) is 10.3. The highest BCUT2D eigenvalue weighted by Crippen LogP contribution is 2.17. The van der Waals surface area contributed by atoms with Gasteiger partial charge in [0.2, 0.25) is 5.28 Å². The molecule has 2 aromatic rings. The van der Waals surface area contributed by atoms with Gasteiger partial charge in [-0.15, -0.1) is 0 Å². The fraction of sp³-hybridized carbons (Fsp3) is 0.0833. The molecule has 3 N–H and O–H groups in total. The molecule has 0 bridgehead atoms. The van der Waals surface area contributed by atoms with E-state index in [4.69, 9.17) is 28.9 Å². The van der Waals surface area contributed by atoms with Gasteiger partial charge in [0.05, 0.1) is 0 Å². The molecule has 0 atom stereocenters. The number of anilines is 2. The Morgan fingerprint density at radius 2 is 2.00 bits per heavy atom. The molecule has 1 heterocycles. The molecule has 0 fully saturated rings. The smallest absolute Gasteiger partial charge is 0.257 e. The number of aromatic nitrogens is 2. The van der Waals surface area contributed by atoms with E-state index in [1.54, 1.807) is 25.1 Å². The number of nitrogens with one attached hydrogen (secondary N) is 1. The monoisotopic (exact) mass is 296 g/mol. The van der Waals surface area contributed by atoms with Gasteiger partial charge >= 0.3 is 0 Å². The highest BCUT2D eigenvalue weighted by molar-refractivity contribution is 6.32. The van der Waals surface area contributed by atoms with Crippen LogP contribution in [0, 0.1) is 6.92 Å². The van der Waals surface area contributed by atoms with Crippen molar-refractivity contribution in [2.75, 3.05) is 11.1 Å². The molecule has 0 radical (unpaired) electrons. The standard InChI is InChI=1S/C12H10Cl2N4O/c1-6-4-7(15)2-3-8(6)11(19)17-10-5-9(13)16-12(14)18-10/h2-5H,15H2,1H3,(H,16,17,18,19). The number of halogens is 2. The summed E-state index contributed by atoms with van der Waals surface area (Å²) in [5.74, 6) is -0.0745. The molecule has 0 spiro atoms. The summed E-state index contributed by atoms with van der Waals surface area (Å²) in [7, 11) is 0. The number of nitrogen functional groups attached to an aromatic ring is 1. The highest BCUT2D eigenvalue weighted by atomic mass is 35.5. The zero-order chi connectivity index (χ0) is 14.0. The van der Waals surface area contributed by atoms with Crippen LogP contribution in [0.1, 0.15) is 15.9 Å². The van der Waals surface area contributed by atoms with Gasteiger partial charge in [-0.05, 0) is 42.3 Å². The fourth-order valence-corrected chi connectivity index (χ4v) is 1.99. The Morgan fingerprint density at radius 3 is 2.63 bits per heavy atom. The second-order valence-corrected chi connectivity index (χ2v) is 4.60. The van der Waals surface area contributed by atoms with Crippen molar-refractivity contribution in [2.45, 2.75) is 6.92 Å². The van der Waals surface area contributed by atoms with E-state index >= 15 is 0 Å². The molecule has 0 aliphatic rings. The molecule has 0 aliphatic heterocycles. The van der Waals surface area contributed by atoms with Crippen molar-refractivity contribution < 1.29 is 4.79 Å². The number of benzene rings is 1. The third kappa shape index (κ3) is 3.33. The molecular formula is C12H10Cl2N4O. The van der Waals surface area contributed by atoms with E-state index in [0.717, 1.165) is 5.56 Å². The van der Waals surface area contributed by atoms with Crippen molar-refractivity contribution in [1.29, 1.82) is 0 Å². The summed E-state index contributed by atoms with van der Waals surface area (Å²) in [6.07, 6.45) is 0. The lowest BCUT2D eigenvalue weighted by molar-refractivity contribution is 0.102. The van der Waals surface area contributed by atoms with E-state index in [-0.39, 0.29) is 22.2 Å². The van der Waals surface area contributed by atoms with Crippen molar-refractivity contribution in [3.05, 3.63) is 45.8 Å². The van der Waals surface area contributed by atoms with Crippen LogP contribution in [0.5, 0.6) is 0 Å². The Labute approximate surface area is 119 Å². The Bertz CT molecular complexity index is 625. The molecule has 7 heteroatoms. The maximum absolute atomic E-state index is 12.1. The number of nitrogens with zero attached hydrogens (tertiary/aromatic N) is 2. The number of aryl methyl sites for hydroxylation is 1. The number of hydrogen-bond acceptors (Lipinski definition) is 4. The number of nitrogens with two attached hydrogens (primary N) is 1. The van der Waals surface area contributed by atoms with Crippen LogP contribution in [0.15, 0.2) is 24.3 Å². The van der Waals surface area contributed by atoms with Gasteiger partial charge in [-0.2, -0.15) is 0 Å². The lowest BCUT2D eigenvalue weighted by atomic mass is 10.1. The van der Waals surface area contributed by atoms with E-state index in [1.807, 2.05) is 0 Å². The predicted molar refractivity (Wildman–Crippen MR) is 75.6 cm³/mol.